The summed E-state index contributed by atoms with van der Waals surface area (Å²) in [7, 11) is -3.22. The number of carbonyl (C=O) groups excluding carboxylic acids is 1. The molecule has 2 rings (SSSR count). The van der Waals surface area contributed by atoms with Gasteiger partial charge in [-0.1, -0.05) is 23.4 Å². The topological polar surface area (TPSA) is 77.0 Å². The summed E-state index contributed by atoms with van der Waals surface area (Å²) in [6, 6.07) is 6.29. The van der Waals surface area contributed by atoms with Crippen LogP contribution < -0.4 is 0 Å². The third-order valence-corrected chi connectivity index (χ3v) is 4.84. The minimum atomic E-state index is -3.22. The number of aldehydes is 1. The Morgan fingerprint density at radius 2 is 1.85 bits per heavy atom. The first-order valence-electron chi connectivity index (χ1n) is 5.35. The maximum Gasteiger partial charge on any atom is 0.175 e. The van der Waals surface area contributed by atoms with Crippen molar-refractivity contribution in [3.8, 4) is 0 Å². The summed E-state index contributed by atoms with van der Waals surface area (Å²) in [5.41, 5.74) is 0.214. The van der Waals surface area contributed by atoms with Crippen molar-refractivity contribution in [3.05, 3.63) is 41.3 Å². The molecule has 1 aromatic heterocycles. The van der Waals surface area contributed by atoms with E-state index in [1.54, 1.807) is 12.1 Å². The summed E-state index contributed by atoms with van der Waals surface area (Å²) in [5.74, 6) is 0. The summed E-state index contributed by atoms with van der Waals surface area (Å²) in [6.07, 6.45) is 3.00. The minimum Gasteiger partial charge on any atom is -0.298 e. The molecule has 0 radical (unpaired) electrons. The molecule has 20 heavy (non-hydrogen) atoms. The highest BCUT2D eigenvalue weighted by Crippen LogP contribution is 2.30. The van der Waals surface area contributed by atoms with Crippen LogP contribution in [0.4, 0.5) is 0 Å². The molecule has 0 aliphatic carbocycles. The largest absolute Gasteiger partial charge is 0.298 e. The van der Waals surface area contributed by atoms with Crippen LogP contribution in [0.2, 0.25) is 5.15 Å². The molecule has 0 spiro atoms. The average molecular weight is 329 g/mol. The first-order valence-corrected chi connectivity index (χ1v) is 8.44. The van der Waals surface area contributed by atoms with Gasteiger partial charge in [0.25, 0.3) is 0 Å². The van der Waals surface area contributed by atoms with Gasteiger partial charge in [-0.3, -0.25) is 4.79 Å². The molecule has 0 bridgehead atoms. The third kappa shape index (κ3) is 3.36. The van der Waals surface area contributed by atoms with E-state index in [4.69, 9.17) is 11.6 Å². The van der Waals surface area contributed by atoms with Crippen molar-refractivity contribution in [1.82, 2.24) is 9.97 Å². The fourth-order valence-corrected chi connectivity index (χ4v) is 3.12. The molecule has 0 unspecified atom stereocenters. The normalized spacial score (nSPS) is 11.3. The molecule has 2 aromatic rings. The monoisotopic (exact) mass is 328 g/mol. The maximum atomic E-state index is 11.4. The predicted molar refractivity (Wildman–Crippen MR) is 76.1 cm³/mol. The second-order valence-electron chi connectivity index (χ2n) is 3.85. The van der Waals surface area contributed by atoms with E-state index in [1.807, 2.05) is 0 Å². The van der Waals surface area contributed by atoms with E-state index in [9.17, 15) is 13.2 Å². The highest BCUT2D eigenvalue weighted by atomic mass is 35.5. The molecule has 5 nitrogen and oxygen atoms in total. The van der Waals surface area contributed by atoms with Crippen LogP contribution in [0.3, 0.4) is 0 Å². The first-order chi connectivity index (χ1) is 9.41. The lowest BCUT2D eigenvalue weighted by atomic mass is 10.4. The van der Waals surface area contributed by atoms with Gasteiger partial charge in [0, 0.05) is 11.2 Å². The molecule has 0 fully saturated rings. The molecule has 0 N–H and O–H groups in total. The molecule has 0 saturated heterocycles. The number of carbonyl (C=O) groups is 1. The van der Waals surface area contributed by atoms with Gasteiger partial charge < -0.3 is 0 Å². The highest BCUT2D eigenvalue weighted by Gasteiger charge is 2.11. The SMILES string of the molecule is CS(=O)(=O)c1ccc(Sc2ncnc(Cl)c2C=O)cc1. The van der Waals surface area contributed by atoms with E-state index in [1.165, 1.54) is 30.2 Å². The Kier molecular flexibility index (Phi) is 4.42. The molecule has 0 aliphatic heterocycles. The molecule has 1 heterocycles. The van der Waals surface area contributed by atoms with Crippen LogP contribution in [-0.4, -0.2) is 30.9 Å². The number of aromatic nitrogens is 2. The smallest absolute Gasteiger partial charge is 0.175 e. The number of sulfone groups is 1. The van der Waals surface area contributed by atoms with Gasteiger partial charge >= 0.3 is 0 Å². The number of hydrogen-bond donors (Lipinski definition) is 0. The van der Waals surface area contributed by atoms with Gasteiger partial charge in [-0.25, -0.2) is 18.4 Å². The Labute approximate surface area is 125 Å². The molecule has 8 heteroatoms. The Hall–Kier alpha value is -1.44. The van der Waals surface area contributed by atoms with Crippen molar-refractivity contribution in [1.29, 1.82) is 0 Å². The highest BCUT2D eigenvalue weighted by molar-refractivity contribution is 7.99. The lowest BCUT2D eigenvalue weighted by molar-refractivity contribution is 0.112. The third-order valence-electron chi connectivity index (χ3n) is 2.38. The van der Waals surface area contributed by atoms with E-state index in [-0.39, 0.29) is 15.6 Å². The fraction of sp³-hybridized carbons (Fsp3) is 0.0833. The van der Waals surface area contributed by atoms with Gasteiger partial charge in [-0.15, -0.1) is 0 Å². The van der Waals surface area contributed by atoms with Gasteiger partial charge in [0.2, 0.25) is 0 Å². The number of rotatable bonds is 4. The molecule has 1 aromatic carbocycles. The van der Waals surface area contributed by atoms with E-state index in [2.05, 4.69) is 9.97 Å². The summed E-state index contributed by atoms with van der Waals surface area (Å²) in [6.45, 7) is 0. The van der Waals surface area contributed by atoms with Crippen molar-refractivity contribution in [3.63, 3.8) is 0 Å². The lowest BCUT2D eigenvalue weighted by Gasteiger charge is -2.05. The van der Waals surface area contributed by atoms with Crippen LogP contribution in [0.25, 0.3) is 0 Å². The van der Waals surface area contributed by atoms with Crippen molar-refractivity contribution >= 4 is 39.5 Å². The zero-order chi connectivity index (χ0) is 14.8. The van der Waals surface area contributed by atoms with Gasteiger partial charge in [0.05, 0.1) is 10.5 Å². The number of benzene rings is 1. The van der Waals surface area contributed by atoms with Crippen LogP contribution in [0.15, 0.2) is 45.4 Å². The van der Waals surface area contributed by atoms with E-state index in [0.29, 0.717) is 11.3 Å². The molecule has 0 saturated carbocycles. The Morgan fingerprint density at radius 3 is 2.40 bits per heavy atom. The van der Waals surface area contributed by atoms with E-state index >= 15 is 0 Å². The number of hydrogen-bond acceptors (Lipinski definition) is 6. The summed E-state index contributed by atoms with van der Waals surface area (Å²) in [5, 5.41) is 0.511. The quantitative estimate of drug-likeness (QED) is 0.634. The minimum absolute atomic E-state index is 0.0882. The van der Waals surface area contributed by atoms with Crippen LogP contribution in [0.5, 0.6) is 0 Å². The maximum absolute atomic E-state index is 11.4. The summed E-state index contributed by atoms with van der Waals surface area (Å²) < 4.78 is 22.7. The first kappa shape index (κ1) is 15.0. The molecule has 0 amide bonds. The summed E-state index contributed by atoms with van der Waals surface area (Å²) in [4.78, 5) is 19.7. The standard InChI is InChI=1S/C12H9ClN2O3S2/c1-20(17,18)9-4-2-8(3-5-9)19-12-10(6-16)11(13)14-7-15-12/h2-7H,1H3. The number of nitrogens with zero attached hydrogens (tertiary/aromatic N) is 2. The molecular formula is C12H9ClN2O3S2. The van der Waals surface area contributed by atoms with E-state index < -0.39 is 9.84 Å². The van der Waals surface area contributed by atoms with E-state index in [0.717, 1.165) is 11.2 Å². The average Bonchev–Trinajstić information content (AvgIpc) is 2.38. The Bertz CT molecular complexity index is 746. The lowest BCUT2D eigenvalue weighted by Crippen LogP contribution is -1.96. The Balaban J connectivity index is 2.32. The van der Waals surface area contributed by atoms with Crippen LogP contribution >= 0.6 is 23.4 Å². The molecule has 0 atom stereocenters. The van der Waals surface area contributed by atoms with Crippen LogP contribution in [0.1, 0.15) is 10.4 Å². The van der Waals surface area contributed by atoms with Crippen LogP contribution in [-0.2, 0) is 9.84 Å². The fourth-order valence-electron chi connectivity index (χ4n) is 1.41. The van der Waals surface area contributed by atoms with Crippen molar-refractivity contribution in [2.45, 2.75) is 14.8 Å². The Morgan fingerprint density at radius 1 is 1.20 bits per heavy atom. The van der Waals surface area contributed by atoms with Crippen LogP contribution in [0, 0.1) is 0 Å². The molecule has 104 valence electrons. The second-order valence-corrected chi connectivity index (χ2v) is 7.28. The predicted octanol–water partition coefficient (Wildman–Crippen LogP) is 2.50. The zero-order valence-electron chi connectivity index (χ0n) is 10.3. The van der Waals surface area contributed by atoms with Crippen molar-refractivity contribution in [2.24, 2.45) is 0 Å². The van der Waals surface area contributed by atoms with Gasteiger partial charge in [0.1, 0.15) is 16.5 Å². The van der Waals surface area contributed by atoms with Gasteiger partial charge in [-0.2, -0.15) is 0 Å². The van der Waals surface area contributed by atoms with Crippen molar-refractivity contribution in [2.75, 3.05) is 6.26 Å². The number of halogens is 1. The molecule has 0 aliphatic rings. The van der Waals surface area contributed by atoms with Crippen molar-refractivity contribution < 1.29 is 13.2 Å². The zero-order valence-corrected chi connectivity index (χ0v) is 12.7. The van der Waals surface area contributed by atoms with Gasteiger partial charge in [-0.05, 0) is 24.3 Å². The second kappa shape index (κ2) is 5.90. The van der Waals surface area contributed by atoms with Gasteiger partial charge in [0.15, 0.2) is 16.1 Å². The summed E-state index contributed by atoms with van der Waals surface area (Å²) >= 11 is 7.02. The molecular weight excluding hydrogens is 320 g/mol.